The molecular formula is H2LiMnNiO. The largest absolute Gasteiger partial charge is 0.412 e. The van der Waals surface area contributed by atoms with Crippen LogP contribution in [0.25, 0.3) is 0 Å². The van der Waals surface area contributed by atoms with E-state index in [1.807, 2.05) is 0 Å². The summed E-state index contributed by atoms with van der Waals surface area (Å²) in [6.45, 7) is 0. The van der Waals surface area contributed by atoms with Crippen molar-refractivity contribution < 1.29 is 39.0 Å². The summed E-state index contributed by atoms with van der Waals surface area (Å²) in [7, 11) is 0. The van der Waals surface area contributed by atoms with Gasteiger partial charge >= 0.3 is 0 Å². The second-order valence-electron chi connectivity index (χ2n) is 0. The third-order valence-corrected chi connectivity index (χ3v) is 0. The Morgan fingerprint density at radius 1 is 1.00 bits per heavy atom. The molecular weight excluding hydrogens is 137 g/mol. The van der Waals surface area contributed by atoms with E-state index in [2.05, 4.69) is 0 Å². The maximum absolute atomic E-state index is 0. The molecule has 0 unspecified atom stereocenters. The molecule has 0 aromatic carbocycles. The van der Waals surface area contributed by atoms with Crippen molar-refractivity contribution in [1.29, 1.82) is 0 Å². The van der Waals surface area contributed by atoms with Gasteiger partial charge in [-0.25, -0.2) is 0 Å². The molecule has 1 nitrogen and oxygen atoms in total. The summed E-state index contributed by atoms with van der Waals surface area (Å²) in [5, 5.41) is 0. The van der Waals surface area contributed by atoms with Crippen LogP contribution in [-0.4, -0.2) is 24.3 Å². The van der Waals surface area contributed by atoms with E-state index < -0.39 is 0 Å². The Balaban J connectivity index is 0. The van der Waals surface area contributed by atoms with Crippen molar-refractivity contribution in [3.63, 3.8) is 0 Å². The van der Waals surface area contributed by atoms with Gasteiger partial charge in [-0.15, -0.1) is 0 Å². The van der Waals surface area contributed by atoms with Crippen molar-refractivity contribution in [3.05, 3.63) is 0 Å². The van der Waals surface area contributed by atoms with Gasteiger partial charge in [-0.2, -0.15) is 0 Å². The molecule has 0 heterocycles. The molecule has 0 aliphatic heterocycles. The predicted octanol–water partition coefficient (Wildman–Crippen LogP) is -1.21. The number of hydrogen-bond acceptors (Lipinski definition) is 0. The minimum Gasteiger partial charge on any atom is -0.412 e. The topological polar surface area (TPSA) is 31.5 Å². The van der Waals surface area contributed by atoms with Crippen LogP contribution in [-0.2, 0) is 33.6 Å². The van der Waals surface area contributed by atoms with Crippen LogP contribution < -0.4 is 0 Å². The average molecular weight is 139 g/mol. The second-order valence-corrected chi connectivity index (χ2v) is 0. The van der Waals surface area contributed by atoms with E-state index in [0.717, 1.165) is 0 Å². The number of rotatable bonds is 0. The SMILES string of the molecule is O.[Li].[Mn].[Ni]. The Labute approximate surface area is 57.8 Å². The van der Waals surface area contributed by atoms with E-state index in [4.69, 9.17) is 0 Å². The van der Waals surface area contributed by atoms with E-state index in [-0.39, 0.29) is 57.9 Å². The fraction of sp³-hybridized carbons (Fsp3) is 0. The van der Waals surface area contributed by atoms with Crippen LogP contribution in [0.3, 0.4) is 0 Å². The van der Waals surface area contributed by atoms with Crippen LogP contribution in [0.15, 0.2) is 0 Å². The summed E-state index contributed by atoms with van der Waals surface area (Å²) < 4.78 is 0. The minimum atomic E-state index is 0. The smallest absolute Gasteiger partial charge is 0 e. The first-order chi connectivity index (χ1) is 0. The predicted molar refractivity (Wildman–Crippen MR) is 9.37 cm³/mol. The van der Waals surface area contributed by atoms with Gasteiger partial charge in [0.2, 0.25) is 0 Å². The van der Waals surface area contributed by atoms with Gasteiger partial charge in [-0.05, 0) is 0 Å². The Morgan fingerprint density at radius 3 is 1.00 bits per heavy atom. The van der Waals surface area contributed by atoms with Crippen molar-refractivity contribution in [1.82, 2.24) is 0 Å². The molecule has 0 rings (SSSR count). The fourth-order valence-electron chi connectivity index (χ4n) is 0. The Hall–Kier alpha value is 1.57. The molecule has 4 heavy (non-hydrogen) atoms. The van der Waals surface area contributed by atoms with Gasteiger partial charge in [0.25, 0.3) is 0 Å². The summed E-state index contributed by atoms with van der Waals surface area (Å²) in [6.07, 6.45) is 0. The molecule has 0 aliphatic carbocycles. The maximum atomic E-state index is 0. The van der Waals surface area contributed by atoms with E-state index in [0.29, 0.717) is 0 Å². The molecule has 0 atom stereocenters. The van der Waals surface area contributed by atoms with Crippen molar-refractivity contribution in [2.45, 2.75) is 0 Å². The van der Waals surface area contributed by atoms with E-state index in [9.17, 15) is 0 Å². The van der Waals surface area contributed by atoms with Crippen LogP contribution in [0.4, 0.5) is 0 Å². The van der Waals surface area contributed by atoms with Gasteiger partial charge in [0.1, 0.15) is 0 Å². The molecule has 0 aliphatic rings. The fourth-order valence-corrected chi connectivity index (χ4v) is 0. The third-order valence-electron chi connectivity index (χ3n) is 0. The van der Waals surface area contributed by atoms with Crippen LogP contribution >= 0.6 is 0 Å². The summed E-state index contributed by atoms with van der Waals surface area (Å²) in [6, 6.07) is 0. The molecule has 0 spiro atoms. The van der Waals surface area contributed by atoms with Gasteiger partial charge in [0.05, 0.1) is 0 Å². The van der Waals surface area contributed by atoms with Gasteiger partial charge in [0, 0.05) is 52.4 Å². The maximum Gasteiger partial charge on any atom is 0 e. The molecule has 26 valence electrons. The van der Waals surface area contributed by atoms with Gasteiger partial charge in [0.15, 0.2) is 0 Å². The molecule has 0 saturated heterocycles. The molecule has 0 saturated carbocycles. The summed E-state index contributed by atoms with van der Waals surface area (Å²) in [5.41, 5.74) is 0. The molecule has 0 aromatic rings. The molecule has 2 N–H and O–H groups in total. The Kier molecular flexibility index (Phi) is 279. The summed E-state index contributed by atoms with van der Waals surface area (Å²) in [5.74, 6) is 0. The molecule has 0 fully saturated rings. The first-order valence-electron chi connectivity index (χ1n) is 0. The zero-order valence-corrected chi connectivity index (χ0v) is 4.36. The Morgan fingerprint density at radius 2 is 1.00 bits per heavy atom. The van der Waals surface area contributed by atoms with Crippen molar-refractivity contribution in [3.8, 4) is 0 Å². The Bertz CT molecular complexity index is 8.00. The quantitative estimate of drug-likeness (QED) is 0.377. The zero-order valence-electron chi connectivity index (χ0n) is 2.19. The van der Waals surface area contributed by atoms with Crippen molar-refractivity contribution >= 4 is 18.9 Å². The normalized spacial score (nSPS) is 0. The first-order valence-corrected chi connectivity index (χ1v) is 0. The molecule has 0 amide bonds. The van der Waals surface area contributed by atoms with Crippen LogP contribution in [0.2, 0.25) is 0 Å². The minimum absolute atomic E-state index is 0. The standard InChI is InChI=1S/Li.Mn.Ni.H2O/h;;;1H2. The summed E-state index contributed by atoms with van der Waals surface area (Å²) >= 11 is 0. The van der Waals surface area contributed by atoms with Crippen LogP contribution in [0.1, 0.15) is 0 Å². The van der Waals surface area contributed by atoms with Gasteiger partial charge in [-0.1, -0.05) is 0 Å². The summed E-state index contributed by atoms with van der Waals surface area (Å²) in [4.78, 5) is 0. The zero-order chi connectivity index (χ0) is 0. The van der Waals surface area contributed by atoms with E-state index in [1.165, 1.54) is 0 Å². The van der Waals surface area contributed by atoms with E-state index >= 15 is 0 Å². The van der Waals surface area contributed by atoms with E-state index in [1.54, 1.807) is 0 Å². The molecule has 0 bridgehead atoms. The molecule has 4 heteroatoms. The van der Waals surface area contributed by atoms with Crippen LogP contribution in [0, 0.1) is 0 Å². The molecule has 2 radical (unpaired) electrons. The number of hydrogen-bond donors (Lipinski definition) is 0. The van der Waals surface area contributed by atoms with Gasteiger partial charge < -0.3 is 5.48 Å². The van der Waals surface area contributed by atoms with Crippen molar-refractivity contribution in [2.24, 2.45) is 0 Å². The van der Waals surface area contributed by atoms with Gasteiger partial charge in [-0.3, -0.25) is 0 Å². The van der Waals surface area contributed by atoms with Crippen LogP contribution in [0.5, 0.6) is 0 Å². The average Bonchev–Trinajstić information content (AvgIpc) is 0. The van der Waals surface area contributed by atoms with Crippen molar-refractivity contribution in [2.75, 3.05) is 0 Å². The first kappa shape index (κ1) is 47.2. The molecule has 0 aromatic heterocycles. The second kappa shape index (κ2) is 23.6. The monoisotopic (exact) mass is 138 g/mol. The third kappa shape index (κ3) is 9.57.